The van der Waals surface area contributed by atoms with E-state index in [0.717, 1.165) is 7.11 Å². The Hall–Kier alpha value is 1.14. The average Bonchev–Trinajstić information content (AvgIpc) is 1.46. The molecular weight excluding hydrogens is 134 g/mol. The third-order valence-corrected chi connectivity index (χ3v) is 0. The van der Waals surface area contributed by atoms with Gasteiger partial charge in [-0.2, -0.15) is 0 Å². The molecule has 0 saturated carbocycles. The zero-order chi connectivity index (χ0) is 4.71. The number of hydrogen-bond acceptors (Lipinski definition) is 3. The van der Waals surface area contributed by atoms with Gasteiger partial charge in [-0.1, -0.05) is 0 Å². The molecule has 0 aliphatic heterocycles. The van der Waals surface area contributed by atoms with Crippen molar-refractivity contribution >= 4 is 0 Å². The van der Waals surface area contributed by atoms with Crippen molar-refractivity contribution in [2.24, 2.45) is 0 Å². The van der Waals surface area contributed by atoms with Gasteiger partial charge in [-0.25, -0.2) is 0 Å². The molecule has 0 unspecified atom stereocenters. The Kier molecular flexibility index (Phi) is 92.6. The van der Waals surface area contributed by atoms with Crippen molar-refractivity contribution in [1.82, 2.24) is 0 Å². The Bertz CT molecular complexity index is 35.9. The van der Waals surface area contributed by atoms with Gasteiger partial charge in [-0.3, -0.25) is 0 Å². The van der Waals surface area contributed by atoms with Crippen LogP contribution in [0.5, 0.6) is 0 Å². The normalized spacial score (nSPS) is 2.33. The van der Waals surface area contributed by atoms with Crippen LogP contribution >= 0.6 is 0 Å². The SMILES string of the molecule is CO.[H-].[Na+].[O]=[V]=[O]. The fourth-order valence-corrected chi connectivity index (χ4v) is 0. The summed E-state index contributed by atoms with van der Waals surface area (Å²) in [6, 6.07) is 0. The van der Waals surface area contributed by atoms with Crippen LogP contribution in [0.15, 0.2) is 0 Å². The zero-order valence-electron chi connectivity index (χ0n) is 4.71. The van der Waals surface area contributed by atoms with Crippen LogP contribution in [0.25, 0.3) is 0 Å². The minimum atomic E-state index is -1.81. The quantitative estimate of drug-likeness (QED) is 0.354. The molecule has 0 rings (SSSR count). The van der Waals surface area contributed by atoms with Gasteiger partial charge in [0.2, 0.25) is 0 Å². The summed E-state index contributed by atoms with van der Waals surface area (Å²) in [6.07, 6.45) is 0. The van der Waals surface area contributed by atoms with Crippen molar-refractivity contribution < 1.29 is 59.6 Å². The van der Waals surface area contributed by atoms with E-state index in [9.17, 15) is 0 Å². The molecule has 0 amide bonds. The maximum atomic E-state index is 8.47. The van der Waals surface area contributed by atoms with Crippen molar-refractivity contribution in [3.05, 3.63) is 0 Å². The molecule has 6 heavy (non-hydrogen) atoms. The predicted octanol–water partition coefficient (Wildman–Crippen LogP) is -3.52. The summed E-state index contributed by atoms with van der Waals surface area (Å²) in [4.78, 5) is 0. The Morgan fingerprint density at radius 2 is 1.50 bits per heavy atom. The van der Waals surface area contributed by atoms with Crippen LogP contribution in [0.2, 0.25) is 0 Å². The van der Waals surface area contributed by atoms with Crippen LogP contribution in [0.4, 0.5) is 0 Å². The molecule has 1 N–H and O–H groups in total. The molecule has 0 aliphatic carbocycles. The molecule has 0 aromatic rings. The van der Waals surface area contributed by atoms with Gasteiger partial charge in [0.15, 0.2) is 0 Å². The summed E-state index contributed by atoms with van der Waals surface area (Å²) in [7, 11) is 1.00. The number of aliphatic hydroxyl groups is 1. The third-order valence-electron chi connectivity index (χ3n) is 0. The van der Waals surface area contributed by atoms with E-state index in [0.29, 0.717) is 0 Å². The molecule has 5 heteroatoms. The molecule has 0 atom stereocenters. The van der Waals surface area contributed by atoms with E-state index < -0.39 is 16.2 Å². The van der Waals surface area contributed by atoms with Gasteiger partial charge < -0.3 is 6.53 Å². The van der Waals surface area contributed by atoms with Crippen LogP contribution in [-0.4, -0.2) is 12.2 Å². The first-order chi connectivity index (χ1) is 2.41. The number of hydrogen-bond donors (Lipinski definition) is 1. The van der Waals surface area contributed by atoms with Crippen LogP contribution in [0, 0.1) is 0 Å². The fourth-order valence-electron chi connectivity index (χ4n) is 0. The molecule has 0 aliphatic rings. The van der Waals surface area contributed by atoms with E-state index in [1.807, 2.05) is 0 Å². The summed E-state index contributed by atoms with van der Waals surface area (Å²) in [5.74, 6) is 0. The van der Waals surface area contributed by atoms with Crippen molar-refractivity contribution in [2.75, 3.05) is 7.11 Å². The van der Waals surface area contributed by atoms with Gasteiger partial charge in [0.1, 0.15) is 0 Å². The van der Waals surface area contributed by atoms with Gasteiger partial charge in [0.25, 0.3) is 0 Å². The minimum absolute atomic E-state index is 0. The standard InChI is InChI=1S/CH4O.Na.2O.V.H/c1-2;;;;;/h2H,1H3;;;;;/q;+1;;;;-1. The van der Waals surface area contributed by atoms with Gasteiger partial charge in [-0.05, 0) is 0 Å². The van der Waals surface area contributed by atoms with Crippen molar-refractivity contribution in [2.45, 2.75) is 0 Å². The summed E-state index contributed by atoms with van der Waals surface area (Å²) in [5, 5.41) is 7.00. The monoisotopic (exact) mass is 139 g/mol. The van der Waals surface area contributed by atoms with E-state index in [2.05, 4.69) is 0 Å². The molecule has 33 valence electrons. The Morgan fingerprint density at radius 3 is 1.50 bits per heavy atom. The molecule has 0 aromatic carbocycles. The molecule has 0 bridgehead atoms. The predicted molar refractivity (Wildman–Crippen MR) is 10.6 cm³/mol. The van der Waals surface area contributed by atoms with Gasteiger partial charge in [0, 0.05) is 7.11 Å². The first kappa shape index (κ1) is 15.7. The van der Waals surface area contributed by atoms with Crippen molar-refractivity contribution in [3.63, 3.8) is 0 Å². The van der Waals surface area contributed by atoms with Crippen LogP contribution < -0.4 is 29.6 Å². The first-order valence-corrected chi connectivity index (χ1v) is 1.95. The molecule has 0 saturated heterocycles. The topological polar surface area (TPSA) is 54.4 Å². The van der Waals surface area contributed by atoms with Gasteiger partial charge in [0.05, 0.1) is 0 Å². The van der Waals surface area contributed by atoms with Gasteiger partial charge >= 0.3 is 53.1 Å². The Balaban J connectivity index is -0.0000000105. The van der Waals surface area contributed by atoms with E-state index in [1.165, 1.54) is 0 Å². The third kappa shape index (κ3) is 67.5. The zero-order valence-corrected chi connectivity index (χ0v) is 7.11. The summed E-state index contributed by atoms with van der Waals surface area (Å²) in [6.45, 7) is 0. The van der Waals surface area contributed by atoms with E-state index >= 15 is 0 Å². The second kappa shape index (κ2) is 35.4. The summed E-state index contributed by atoms with van der Waals surface area (Å²) >= 11 is -1.81. The maximum absolute atomic E-state index is 8.47. The molecule has 3 nitrogen and oxygen atoms in total. The molecule has 0 radical (unpaired) electrons. The molecule has 0 heterocycles. The number of aliphatic hydroxyl groups excluding tert-OH is 1. The van der Waals surface area contributed by atoms with Gasteiger partial charge in [-0.15, -0.1) is 0 Å². The van der Waals surface area contributed by atoms with E-state index in [1.54, 1.807) is 0 Å². The second-order valence-electron chi connectivity index (χ2n) is 0.0745. The summed E-state index contributed by atoms with van der Waals surface area (Å²) < 4.78 is 16.9. The average molecular weight is 139 g/mol. The molecule has 0 aromatic heterocycles. The molecule has 0 fully saturated rings. The second-order valence-corrected chi connectivity index (χ2v) is 0.307. The summed E-state index contributed by atoms with van der Waals surface area (Å²) in [5.41, 5.74) is 0. The van der Waals surface area contributed by atoms with E-state index in [-0.39, 0.29) is 31.0 Å². The van der Waals surface area contributed by atoms with Crippen LogP contribution in [-0.2, 0) is 23.5 Å². The first-order valence-electron chi connectivity index (χ1n) is 0.812. The fraction of sp³-hybridized carbons (Fsp3) is 1.00. The van der Waals surface area contributed by atoms with Crippen molar-refractivity contribution in [1.29, 1.82) is 0 Å². The number of rotatable bonds is 0. The van der Waals surface area contributed by atoms with E-state index in [4.69, 9.17) is 12.5 Å². The molecule has 0 spiro atoms. The molecular formula is CH5NaO3V. The Labute approximate surface area is 66.4 Å². The Morgan fingerprint density at radius 1 is 1.50 bits per heavy atom. The van der Waals surface area contributed by atoms with Crippen LogP contribution in [0.3, 0.4) is 0 Å². The van der Waals surface area contributed by atoms with Crippen molar-refractivity contribution in [3.8, 4) is 0 Å². The van der Waals surface area contributed by atoms with Crippen LogP contribution in [0.1, 0.15) is 1.43 Å².